The summed E-state index contributed by atoms with van der Waals surface area (Å²) < 4.78 is 17.4. The minimum absolute atomic E-state index is 0.0428. The van der Waals surface area contributed by atoms with Crippen LogP contribution in [-0.2, 0) is 4.74 Å². The Bertz CT molecular complexity index is 1500. The number of Topliss-reactive ketones (excluding diaryl/α,β-unsaturated/α-hetero) is 1. The van der Waals surface area contributed by atoms with Crippen LogP contribution in [0.15, 0.2) is 76.7 Å². The van der Waals surface area contributed by atoms with Crippen LogP contribution >= 0.6 is 11.8 Å². The molecule has 0 spiro atoms. The highest BCUT2D eigenvalue weighted by Gasteiger charge is 2.19. The summed E-state index contributed by atoms with van der Waals surface area (Å²) in [6.07, 6.45) is 0. The van der Waals surface area contributed by atoms with Gasteiger partial charge in [-0.15, -0.1) is 0 Å². The molecule has 0 saturated heterocycles. The van der Waals surface area contributed by atoms with Gasteiger partial charge in [0.25, 0.3) is 5.56 Å². The number of carbonyl (C=O) groups excluding carboxylic acids is 2. The number of para-hydroxylation sites is 1. The molecule has 0 amide bonds. The Morgan fingerprint density at radius 1 is 0.971 bits per heavy atom. The summed E-state index contributed by atoms with van der Waals surface area (Å²) in [5.74, 6) is 0.512. The molecule has 0 unspecified atom stereocenters. The first-order valence-electron chi connectivity index (χ1n) is 10.8. The Labute approximate surface area is 204 Å². The highest BCUT2D eigenvalue weighted by Crippen LogP contribution is 2.31. The van der Waals surface area contributed by atoms with E-state index in [0.29, 0.717) is 52.0 Å². The van der Waals surface area contributed by atoms with E-state index in [1.165, 1.54) is 23.8 Å². The number of fused-ring (bicyclic) bond motifs is 2. The first-order valence-corrected chi connectivity index (χ1v) is 11.8. The second-order valence-corrected chi connectivity index (χ2v) is 8.61. The lowest BCUT2D eigenvalue weighted by Crippen LogP contribution is -2.22. The fourth-order valence-electron chi connectivity index (χ4n) is 3.74. The van der Waals surface area contributed by atoms with Crippen LogP contribution in [0.25, 0.3) is 16.6 Å². The number of aromatic nitrogens is 2. The highest BCUT2D eigenvalue weighted by atomic mass is 32.2. The zero-order chi connectivity index (χ0) is 24.4. The molecule has 1 aromatic heterocycles. The van der Waals surface area contributed by atoms with Gasteiger partial charge in [-0.1, -0.05) is 30.0 Å². The number of methoxy groups -OCH3 is 1. The standard InChI is InChI=1S/C26H20N2O6S/c1-32-25(31)17-7-9-19-20(13-17)27-26(28(24(19)30)18-5-3-2-4-6-18)35-15-21(29)16-8-10-22-23(14-16)34-12-11-33-22/h2-10,13-14H,11-12,15H2,1H3. The van der Waals surface area contributed by atoms with Gasteiger partial charge in [0.2, 0.25) is 0 Å². The van der Waals surface area contributed by atoms with E-state index in [2.05, 4.69) is 4.98 Å². The van der Waals surface area contributed by atoms with Gasteiger partial charge in [-0.25, -0.2) is 9.78 Å². The van der Waals surface area contributed by atoms with Crippen LogP contribution in [0.1, 0.15) is 20.7 Å². The summed E-state index contributed by atoms with van der Waals surface area (Å²) in [4.78, 5) is 43.1. The number of esters is 1. The molecule has 1 aliphatic heterocycles. The summed E-state index contributed by atoms with van der Waals surface area (Å²) in [5.41, 5.74) is 1.43. The van der Waals surface area contributed by atoms with Crippen molar-refractivity contribution in [3.8, 4) is 17.2 Å². The lowest BCUT2D eigenvalue weighted by molar-refractivity contribution is 0.0600. The van der Waals surface area contributed by atoms with Gasteiger partial charge in [0.1, 0.15) is 13.2 Å². The van der Waals surface area contributed by atoms with Crippen molar-refractivity contribution in [2.75, 3.05) is 26.1 Å². The lowest BCUT2D eigenvalue weighted by atomic mass is 10.1. The second kappa shape index (κ2) is 9.63. The smallest absolute Gasteiger partial charge is 0.337 e. The van der Waals surface area contributed by atoms with Crippen LogP contribution in [-0.4, -0.2) is 47.4 Å². The van der Waals surface area contributed by atoms with E-state index in [4.69, 9.17) is 14.2 Å². The average Bonchev–Trinajstić information content (AvgIpc) is 2.91. The van der Waals surface area contributed by atoms with Gasteiger partial charge in [-0.05, 0) is 48.5 Å². The fraction of sp³-hybridized carbons (Fsp3) is 0.154. The average molecular weight is 489 g/mol. The molecule has 1 aliphatic rings. The summed E-state index contributed by atoms with van der Waals surface area (Å²) in [6.45, 7) is 0.899. The molecule has 0 fully saturated rings. The third-order valence-electron chi connectivity index (χ3n) is 5.47. The maximum absolute atomic E-state index is 13.5. The summed E-state index contributed by atoms with van der Waals surface area (Å²) in [6, 6.07) is 18.8. The molecule has 0 N–H and O–H groups in total. The van der Waals surface area contributed by atoms with E-state index < -0.39 is 5.97 Å². The number of hydrogen-bond acceptors (Lipinski definition) is 8. The van der Waals surface area contributed by atoms with Crippen LogP contribution in [0, 0.1) is 0 Å². The zero-order valence-corrected chi connectivity index (χ0v) is 19.5. The van der Waals surface area contributed by atoms with E-state index in [-0.39, 0.29) is 22.7 Å². The SMILES string of the molecule is COC(=O)c1ccc2c(=O)n(-c3ccccc3)c(SCC(=O)c3ccc4c(c3)OCCO4)nc2c1. The van der Waals surface area contributed by atoms with E-state index in [1.54, 1.807) is 36.4 Å². The minimum Gasteiger partial charge on any atom is -0.486 e. The van der Waals surface area contributed by atoms with Crippen molar-refractivity contribution >= 4 is 34.4 Å². The number of hydrogen-bond donors (Lipinski definition) is 0. The number of thioether (sulfide) groups is 1. The molecule has 35 heavy (non-hydrogen) atoms. The molecular formula is C26H20N2O6S. The molecule has 9 heteroatoms. The maximum atomic E-state index is 13.5. The second-order valence-electron chi connectivity index (χ2n) is 7.66. The molecule has 0 radical (unpaired) electrons. The Kier molecular flexibility index (Phi) is 6.24. The summed E-state index contributed by atoms with van der Waals surface area (Å²) in [5, 5.41) is 0.686. The van der Waals surface area contributed by atoms with Crippen molar-refractivity contribution < 1.29 is 23.8 Å². The monoisotopic (exact) mass is 488 g/mol. The number of ketones is 1. The van der Waals surface area contributed by atoms with Gasteiger partial charge in [-0.2, -0.15) is 0 Å². The Hall–Kier alpha value is -4.11. The molecule has 0 aliphatic carbocycles. The lowest BCUT2D eigenvalue weighted by Gasteiger charge is -2.18. The molecule has 4 aromatic rings. The fourth-order valence-corrected chi connectivity index (χ4v) is 4.65. The molecule has 3 aromatic carbocycles. The number of benzene rings is 3. The third kappa shape index (κ3) is 4.50. The van der Waals surface area contributed by atoms with Crippen molar-refractivity contribution in [3.05, 3.63) is 88.2 Å². The quantitative estimate of drug-likeness (QED) is 0.174. The van der Waals surface area contributed by atoms with Crippen molar-refractivity contribution in [1.29, 1.82) is 0 Å². The van der Waals surface area contributed by atoms with Crippen molar-refractivity contribution in [2.24, 2.45) is 0 Å². The van der Waals surface area contributed by atoms with E-state index in [9.17, 15) is 14.4 Å². The molecule has 5 rings (SSSR count). The molecular weight excluding hydrogens is 468 g/mol. The van der Waals surface area contributed by atoms with Crippen molar-refractivity contribution in [3.63, 3.8) is 0 Å². The van der Waals surface area contributed by atoms with Crippen LogP contribution in [0.5, 0.6) is 11.5 Å². The van der Waals surface area contributed by atoms with Gasteiger partial charge in [0.05, 0.1) is 35.0 Å². The third-order valence-corrected chi connectivity index (χ3v) is 6.41. The largest absolute Gasteiger partial charge is 0.486 e. The highest BCUT2D eigenvalue weighted by molar-refractivity contribution is 7.99. The zero-order valence-electron chi connectivity index (χ0n) is 18.7. The Morgan fingerprint density at radius 2 is 1.71 bits per heavy atom. The predicted octanol–water partition coefficient (Wildman–Crippen LogP) is 3.92. The van der Waals surface area contributed by atoms with E-state index >= 15 is 0 Å². The Balaban J connectivity index is 1.52. The maximum Gasteiger partial charge on any atom is 0.337 e. The van der Waals surface area contributed by atoms with Gasteiger partial charge < -0.3 is 14.2 Å². The normalized spacial score (nSPS) is 12.4. The number of ether oxygens (including phenoxy) is 3. The molecule has 0 saturated carbocycles. The van der Waals surface area contributed by atoms with Crippen LogP contribution in [0.3, 0.4) is 0 Å². The van der Waals surface area contributed by atoms with Crippen LogP contribution < -0.4 is 15.0 Å². The van der Waals surface area contributed by atoms with E-state index in [0.717, 1.165) is 11.8 Å². The van der Waals surface area contributed by atoms with Gasteiger partial charge in [-0.3, -0.25) is 14.2 Å². The van der Waals surface area contributed by atoms with Crippen molar-refractivity contribution in [1.82, 2.24) is 9.55 Å². The Morgan fingerprint density at radius 3 is 2.49 bits per heavy atom. The minimum atomic E-state index is -0.524. The summed E-state index contributed by atoms with van der Waals surface area (Å²) in [7, 11) is 1.29. The van der Waals surface area contributed by atoms with E-state index in [1.807, 2.05) is 18.2 Å². The van der Waals surface area contributed by atoms with Crippen LogP contribution in [0.4, 0.5) is 0 Å². The number of nitrogens with zero attached hydrogens (tertiary/aromatic N) is 2. The van der Waals surface area contributed by atoms with Gasteiger partial charge >= 0.3 is 5.97 Å². The molecule has 8 nitrogen and oxygen atoms in total. The first-order chi connectivity index (χ1) is 17.0. The molecule has 2 heterocycles. The predicted molar refractivity (Wildman–Crippen MR) is 131 cm³/mol. The number of rotatable bonds is 6. The number of carbonyl (C=O) groups is 2. The van der Waals surface area contributed by atoms with Crippen LogP contribution in [0.2, 0.25) is 0 Å². The molecule has 0 atom stereocenters. The summed E-state index contributed by atoms with van der Waals surface area (Å²) >= 11 is 1.15. The van der Waals surface area contributed by atoms with Gasteiger partial charge in [0.15, 0.2) is 22.4 Å². The van der Waals surface area contributed by atoms with Gasteiger partial charge in [0, 0.05) is 5.56 Å². The molecule has 0 bridgehead atoms. The van der Waals surface area contributed by atoms with Crippen molar-refractivity contribution in [2.45, 2.75) is 5.16 Å². The topological polar surface area (TPSA) is 96.7 Å². The first kappa shape index (κ1) is 22.7. The molecule has 176 valence electrons.